The maximum atomic E-state index is 12.3. The minimum absolute atomic E-state index is 0.0701. The molecule has 0 aliphatic carbocycles. The van der Waals surface area contributed by atoms with Crippen molar-refractivity contribution < 1.29 is 24.2 Å². The van der Waals surface area contributed by atoms with Crippen molar-refractivity contribution in [2.45, 2.75) is 12.2 Å². The van der Waals surface area contributed by atoms with Crippen LogP contribution in [0.15, 0.2) is 36.4 Å². The molecule has 0 radical (unpaired) electrons. The lowest BCUT2D eigenvalue weighted by atomic mass is 9.85. The summed E-state index contributed by atoms with van der Waals surface area (Å²) in [5, 5.41) is 10.2. The molecule has 112 valence electrons. The Hall–Kier alpha value is -2.67. The van der Waals surface area contributed by atoms with E-state index in [1.807, 2.05) is 0 Å². The summed E-state index contributed by atoms with van der Waals surface area (Å²) in [7, 11) is 0. The number of hydrogen-bond donors (Lipinski definition) is 2. The van der Waals surface area contributed by atoms with Gasteiger partial charge in [-0.05, 0) is 18.2 Å². The third kappa shape index (κ3) is 1.69. The second-order valence-corrected chi connectivity index (χ2v) is 5.50. The van der Waals surface area contributed by atoms with Gasteiger partial charge in [-0.1, -0.05) is 18.2 Å². The standard InChI is InChI=1S/C15H12N2O5/c18-8-3-1-2-7(6-8)13(19)16-17-14(20)11-9-4-5-10(22-9)12(11)15(17)21/h1-6,9-12,18H,(H,16,19)/t9-,10+,11-,12+. The van der Waals surface area contributed by atoms with Crippen molar-refractivity contribution in [3.8, 4) is 5.75 Å². The number of nitrogens with zero attached hydrogens (tertiary/aromatic N) is 1. The Bertz CT molecular complexity index is 698. The average Bonchev–Trinajstić information content (AvgIpc) is 3.17. The summed E-state index contributed by atoms with van der Waals surface area (Å²) in [4.78, 5) is 36.8. The third-order valence-electron chi connectivity index (χ3n) is 4.23. The molecule has 7 heteroatoms. The van der Waals surface area contributed by atoms with Gasteiger partial charge in [-0.15, -0.1) is 0 Å². The average molecular weight is 300 g/mol. The zero-order valence-electron chi connectivity index (χ0n) is 11.3. The first-order chi connectivity index (χ1) is 10.6. The number of carbonyl (C=O) groups is 3. The maximum Gasteiger partial charge on any atom is 0.270 e. The van der Waals surface area contributed by atoms with Crippen LogP contribution >= 0.6 is 0 Å². The highest BCUT2D eigenvalue weighted by Crippen LogP contribution is 2.44. The van der Waals surface area contributed by atoms with Crippen LogP contribution in [-0.2, 0) is 14.3 Å². The van der Waals surface area contributed by atoms with Gasteiger partial charge in [-0.3, -0.25) is 19.8 Å². The molecule has 3 amide bonds. The number of imide groups is 1. The van der Waals surface area contributed by atoms with Crippen molar-refractivity contribution >= 4 is 17.7 Å². The summed E-state index contributed by atoms with van der Waals surface area (Å²) in [5.74, 6) is -2.74. The maximum absolute atomic E-state index is 12.3. The van der Waals surface area contributed by atoms with Gasteiger partial charge in [-0.2, -0.15) is 5.01 Å². The van der Waals surface area contributed by atoms with Gasteiger partial charge >= 0.3 is 0 Å². The van der Waals surface area contributed by atoms with Gasteiger partial charge in [0.15, 0.2) is 0 Å². The van der Waals surface area contributed by atoms with Crippen LogP contribution < -0.4 is 5.43 Å². The van der Waals surface area contributed by atoms with E-state index in [4.69, 9.17) is 4.74 Å². The van der Waals surface area contributed by atoms with Gasteiger partial charge in [0.25, 0.3) is 17.7 Å². The van der Waals surface area contributed by atoms with E-state index in [-0.39, 0.29) is 11.3 Å². The van der Waals surface area contributed by atoms with Crippen LogP contribution in [0.3, 0.4) is 0 Å². The van der Waals surface area contributed by atoms with E-state index in [1.165, 1.54) is 24.3 Å². The number of rotatable bonds is 2. The monoisotopic (exact) mass is 300 g/mol. The van der Waals surface area contributed by atoms with Crippen LogP contribution in [0.2, 0.25) is 0 Å². The number of ether oxygens (including phenoxy) is 1. The van der Waals surface area contributed by atoms with E-state index in [2.05, 4.69) is 5.43 Å². The molecule has 0 aromatic heterocycles. The summed E-state index contributed by atoms with van der Waals surface area (Å²) in [5.41, 5.74) is 2.48. The molecular formula is C15H12N2O5. The van der Waals surface area contributed by atoms with E-state index in [9.17, 15) is 19.5 Å². The minimum Gasteiger partial charge on any atom is -0.508 e. The molecule has 1 aromatic carbocycles. The molecule has 22 heavy (non-hydrogen) atoms. The second-order valence-electron chi connectivity index (χ2n) is 5.50. The van der Waals surface area contributed by atoms with Gasteiger partial charge in [0.1, 0.15) is 5.75 Å². The molecule has 2 bridgehead atoms. The largest absolute Gasteiger partial charge is 0.508 e. The SMILES string of the molecule is O=C(NN1C(=O)[C@@H]2[C@H](C1=O)[C@H]1C=C[C@@H]2O1)c1cccc(O)c1. The summed E-state index contributed by atoms with van der Waals surface area (Å²) in [6.07, 6.45) is 2.76. The highest BCUT2D eigenvalue weighted by atomic mass is 16.5. The zero-order valence-corrected chi connectivity index (χ0v) is 11.3. The van der Waals surface area contributed by atoms with Crippen LogP contribution in [0, 0.1) is 11.8 Å². The molecule has 3 aliphatic rings. The molecule has 0 saturated carbocycles. The predicted octanol–water partition coefficient (Wildman–Crippen LogP) is -0.0246. The number of benzene rings is 1. The first kappa shape index (κ1) is 13.0. The van der Waals surface area contributed by atoms with Crippen molar-refractivity contribution in [1.29, 1.82) is 0 Å². The van der Waals surface area contributed by atoms with Gasteiger partial charge < -0.3 is 9.84 Å². The molecule has 7 nitrogen and oxygen atoms in total. The highest BCUT2D eigenvalue weighted by molar-refractivity contribution is 6.09. The lowest BCUT2D eigenvalue weighted by Crippen LogP contribution is -2.47. The fourth-order valence-electron chi connectivity index (χ4n) is 3.23. The number of aromatic hydroxyl groups is 1. The fraction of sp³-hybridized carbons (Fsp3) is 0.267. The van der Waals surface area contributed by atoms with Crippen LogP contribution in [0.5, 0.6) is 5.75 Å². The van der Waals surface area contributed by atoms with Gasteiger partial charge in [-0.25, -0.2) is 0 Å². The lowest BCUT2D eigenvalue weighted by molar-refractivity contribution is -0.145. The van der Waals surface area contributed by atoms with E-state index < -0.39 is 41.8 Å². The molecule has 2 fully saturated rings. The van der Waals surface area contributed by atoms with Crippen molar-refractivity contribution in [2.75, 3.05) is 0 Å². The summed E-state index contributed by atoms with van der Waals surface area (Å²) < 4.78 is 5.51. The number of phenols is 1. The Morgan fingerprint density at radius 1 is 1.14 bits per heavy atom. The van der Waals surface area contributed by atoms with E-state index in [0.29, 0.717) is 0 Å². The van der Waals surface area contributed by atoms with Gasteiger partial charge in [0.2, 0.25) is 0 Å². The molecular weight excluding hydrogens is 288 g/mol. The number of fused-ring (bicyclic) bond motifs is 5. The smallest absolute Gasteiger partial charge is 0.270 e. The fourth-order valence-corrected chi connectivity index (χ4v) is 3.23. The molecule has 2 N–H and O–H groups in total. The van der Waals surface area contributed by atoms with Crippen LogP contribution in [0.1, 0.15) is 10.4 Å². The molecule has 3 heterocycles. The second kappa shape index (κ2) is 4.41. The van der Waals surface area contributed by atoms with Crippen LogP contribution in [0.25, 0.3) is 0 Å². The predicted molar refractivity (Wildman–Crippen MR) is 72.2 cm³/mol. The first-order valence-electron chi connectivity index (χ1n) is 6.88. The Balaban J connectivity index is 1.56. The van der Waals surface area contributed by atoms with E-state index >= 15 is 0 Å². The Morgan fingerprint density at radius 2 is 1.77 bits per heavy atom. The molecule has 0 spiro atoms. The Morgan fingerprint density at radius 3 is 2.36 bits per heavy atom. The number of phenolic OH excluding ortho intramolecular Hbond substituents is 1. The zero-order chi connectivity index (χ0) is 15.4. The van der Waals surface area contributed by atoms with Crippen molar-refractivity contribution in [2.24, 2.45) is 11.8 Å². The number of hydrazine groups is 1. The Kier molecular flexibility index (Phi) is 2.61. The minimum atomic E-state index is -0.626. The first-order valence-corrected chi connectivity index (χ1v) is 6.88. The summed E-state index contributed by atoms with van der Waals surface area (Å²) in [6, 6.07) is 5.67. The molecule has 2 saturated heterocycles. The topological polar surface area (TPSA) is 95.9 Å². The number of hydrogen-bond acceptors (Lipinski definition) is 5. The van der Waals surface area contributed by atoms with Crippen LogP contribution in [-0.4, -0.2) is 40.0 Å². The van der Waals surface area contributed by atoms with Crippen LogP contribution in [0.4, 0.5) is 0 Å². The number of amides is 3. The number of carbonyl (C=O) groups excluding carboxylic acids is 3. The highest BCUT2D eigenvalue weighted by Gasteiger charge is 2.61. The van der Waals surface area contributed by atoms with E-state index in [0.717, 1.165) is 5.01 Å². The van der Waals surface area contributed by atoms with Crippen molar-refractivity contribution in [1.82, 2.24) is 10.4 Å². The number of nitrogens with one attached hydrogen (secondary N) is 1. The molecule has 4 atom stereocenters. The van der Waals surface area contributed by atoms with Gasteiger partial charge in [0.05, 0.1) is 24.0 Å². The van der Waals surface area contributed by atoms with Crippen molar-refractivity contribution in [3.63, 3.8) is 0 Å². The molecule has 3 aliphatic heterocycles. The third-order valence-corrected chi connectivity index (χ3v) is 4.23. The lowest BCUT2D eigenvalue weighted by Gasteiger charge is -2.18. The summed E-state index contributed by atoms with van der Waals surface area (Å²) in [6.45, 7) is 0. The molecule has 1 aromatic rings. The molecule has 4 rings (SSSR count). The van der Waals surface area contributed by atoms with E-state index in [1.54, 1.807) is 12.2 Å². The normalized spacial score (nSPS) is 31.7. The van der Waals surface area contributed by atoms with Crippen molar-refractivity contribution in [3.05, 3.63) is 42.0 Å². The summed E-state index contributed by atoms with van der Waals surface area (Å²) >= 11 is 0. The van der Waals surface area contributed by atoms with Gasteiger partial charge in [0, 0.05) is 5.56 Å². The molecule has 0 unspecified atom stereocenters. The quantitative estimate of drug-likeness (QED) is 0.591. The Labute approximate surface area is 125 Å².